The Morgan fingerprint density at radius 3 is 2.61 bits per heavy atom. The van der Waals surface area contributed by atoms with E-state index >= 15 is 0 Å². The van der Waals surface area contributed by atoms with Crippen LogP contribution in [0, 0.1) is 0 Å². The minimum Gasteiger partial charge on any atom is -0.493 e. The average molecular weight is 546 g/mol. The topological polar surface area (TPSA) is 84.0 Å². The number of nitrogens with zero attached hydrogens (tertiary/aromatic N) is 1. The zero-order chi connectivity index (χ0) is 21.8. The molecule has 1 aromatic carbocycles. The fourth-order valence-electron chi connectivity index (χ4n) is 3.40. The average Bonchev–Trinajstić information content (AvgIpc) is 3.25. The van der Waals surface area contributed by atoms with Crippen LogP contribution in [-0.2, 0) is 11.3 Å². The number of hydrogen-bond acceptors (Lipinski definition) is 4. The number of aliphatic imine (C=N–C) groups is 1. The van der Waals surface area contributed by atoms with Gasteiger partial charge in [0.2, 0.25) is 5.91 Å². The first-order valence-corrected chi connectivity index (χ1v) is 11.2. The third-order valence-electron chi connectivity index (χ3n) is 5.28. The predicted octanol–water partition coefficient (Wildman–Crippen LogP) is 3.99. The van der Waals surface area contributed by atoms with E-state index in [2.05, 4.69) is 22.9 Å². The Bertz CT molecular complexity index is 693. The maximum Gasteiger partial charge on any atom is 0.221 e. The van der Waals surface area contributed by atoms with Gasteiger partial charge in [0, 0.05) is 31.1 Å². The van der Waals surface area contributed by atoms with Gasteiger partial charge in [0.15, 0.2) is 17.5 Å². The van der Waals surface area contributed by atoms with Crippen LogP contribution in [0.3, 0.4) is 0 Å². The summed E-state index contributed by atoms with van der Waals surface area (Å²) in [6.07, 6.45) is 6.19. The number of carbonyl (C=O) groups is 1. The van der Waals surface area contributed by atoms with Crippen LogP contribution in [0.5, 0.6) is 11.5 Å². The second kappa shape index (κ2) is 15.2. The van der Waals surface area contributed by atoms with Crippen molar-refractivity contribution in [2.45, 2.75) is 78.0 Å². The maximum atomic E-state index is 12.0. The lowest BCUT2D eigenvalue weighted by Crippen LogP contribution is -2.40. The van der Waals surface area contributed by atoms with Gasteiger partial charge in [-0.05, 0) is 52.0 Å². The molecule has 2 rings (SSSR count). The zero-order valence-corrected chi connectivity index (χ0v) is 21.7. The van der Waals surface area contributed by atoms with Crippen LogP contribution in [0.2, 0.25) is 0 Å². The number of halogens is 1. The molecule has 0 aliphatic heterocycles. The highest BCUT2D eigenvalue weighted by atomic mass is 127. The van der Waals surface area contributed by atoms with Gasteiger partial charge >= 0.3 is 0 Å². The van der Waals surface area contributed by atoms with Gasteiger partial charge in [0.05, 0.1) is 19.8 Å². The molecule has 0 heterocycles. The van der Waals surface area contributed by atoms with E-state index in [-0.39, 0.29) is 42.0 Å². The summed E-state index contributed by atoms with van der Waals surface area (Å²) in [5.74, 6) is 2.27. The van der Waals surface area contributed by atoms with E-state index in [0.29, 0.717) is 25.5 Å². The molecule has 1 fully saturated rings. The van der Waals surface area contributed by atoms with E-state index in [4.69, 9.17) is 14.5 Å². The van der Waals surface area contributed by atoms with Crippen LogP contribution < -0.4 is 25.4 Å². The Morgan fingerprint density at radius 1 is 1.23 bits per heavy atom. The summed E-state index contributed by atoms with van der Waals surface area (Å²) >= 11 is 0. The summed E-state index contributed by atoms with van der Waals surface area (Å²) in [6.45, 7) is 7.82. The van der Waals surface area contributed by atoms with Crippen LogP contribution in [-0.4, -0.2) is 44.2 Å². The summed E-state index contributed by atoms with van der Waals surface area (Å²) in [6, 6.07) is 6.12. The monoisotopic (exact) mass is 546 g/mol. The van der Waals surface area contributed by atoms with E-state index in [1.807, 2.05) is 32.0 Å². The molecule has 1 unspecified atom stereocenters. The maximum absolute atomic E-state index is 12.0. The molecule has 0 radical (unpaired) electrons. The molecule has 1 amide bonds. The largest absolute Gasteiger partial charge is 0.493 e. The summed E-state index contributed by atoms with van der Waals surface area (Å²) in [7, 11) is 1.67. The number of methoxy groups -OCH3 is 1. The smallest absolute Gasteiger partial charge is 0.221 e. The molecule has 8 heteroatoms. The Balaban J connectivity index is 0.00000480. The molecular formula is C23H39IN4O3. The van der Waals surface area contributed by atoms with Crippen LogP contribution in [0.1, 0.15) is 64.9 Å². The van der Waals surface area contributed by atoms with Crippen molar-refractivity contribution in [3.63, 3.8) is 0 Å². The lowest BCUT2D eigenvalue weighted by molar-refractivity contribution is -0.121. The van der Waals surface area contributed by atoms with E-state index in [9.17, 15) is 4.79 Å². The van der Waals surface area contributed by atoms with Crippen LogP contribution >= 0.6 is 24.0 Å². The summed E-state index contributed by atoms with van der Waals surface area (Å²) in [5, 5.41) is 9.45. The van der Waals surface area contributed by atoms with Gasteiger partial charge < -0.3 is 25.4 Å². The number of para-hydroxylation sites is 1. The van der Waals surface area contributed by atoms with E-state index in [1.54, 1.807) is 7.11 Å². The summed E-state index contributed by atoms with van der Waals surface area (Å²) in [5.41, 5.74) is 0.993. The normalized spacial score (nSPS) is 15.0. The first kappa shape index (κ1) is 27.3. The Morgan fingerprint density at radius 2 is 1.97 bits per heavy atom. The van der Waals surface area contributed by atoms with E-state index < -0.39 is 0 Å². The second-order valence-electron chi connectivity index (χ2n) is 7.72. The fraction of sp³-hybridized carbons (Fsp3) is 0.652. The van der Waals surface area contributed by atoms with Crippen LogP contribution in [0.4, 0.5) is 0 Å². The molecule has 1 atom stereocenters. The molecule has 0 spiro atoms. The number of hydrogen-bond donors (Lipinski definition) is 3. The Labute approximate surface area is 204 Å². The molecule has 0 saturated heterocycles. The number of benzene rings is 1. The number of nitrogens with one attached hydrogen (secondary N) is 3. The third kappa shape index (κ3) is 9.53. The van der Waals surface area contributed by atoms with Crippen molar-refractivity contribution >= 4 is 35.8 Å². The molecule has 1 aliphatic rings. The van der Waals surface area contributed by atoms with Gasteiger partial charge in [-0.2, -0.15) is 0 Å². The van der Waals surface area contributed by atoms with Gasteiger partial charge in [-0.25, -0.2) is 4.99 Å². The summed E-state index contributed by atoms with van der Waals surface area (Å²) in [4.78, 5) is 16.7. The van der Waals surface area contributed by atoms with E-state index in [0.717, 1.165) is 42.9 Å². The molecule has 31 heavy (non-hydrogen) atoms. The van der Waals surface area contributed by atoms with Gasteiger partial charge in [-0.1, -0.05) is 19.1 Å². The number of rotatable bonds is 11. The van der Waals surface area contributed by atoms with Crippen molar-refractivity contribution < 1.29 is 14.3 Å². The predicted molar refractivity (Wildman–Crippen MR) is 137 cm³/mol. The van der Waals surface area contributed by atoms with Crippen LogP contribution in [0.15, 0.2) is 23.2 Å². The molecule has 1 aliphatic carbocycles. The molecule has 0 bridgehead atoms. The molecule has 1 aromatic rings. The third-order valence-corrected chi connectivity index (χ3v) is 5.28. The first-order valence-electron chi connectivity index (χ1n) is 11.2. The molecule has 3 N–H and O–H groups in total. The second-order valence-corrected chi connectivity index (χ2v) is 7.72. The number of ether oxygens (including phenoxy) is 2. The zero-order valence-electron chi connectivity index (χ0n) is 19.3. The molecule has 176 valence electrons. The number of carbonyl (C=O) groups excluding carboxylic acids is 1. The standard InChI is InChI=1S/C23H38N4O3.HI/c1-5-17(3)27-21(28)14-15-25-23(24-6-2)26-16-18-10-9-13-20(29-4)22(18)30-19-11-7-8-12-19;/h9-10,13,17,19H,5-8,11-12,14-16H2,1-4H3,(H,27,28)(H2,24,25,26);1H. The number of amides is 1. The van der Waals surface area contributed by atoms with Gasteiger partial charge in [0.25, 0.3) is 0 Å². The highest BCUT2D eigenvalue weighted by Crippen LogP contribution is 2.35. The molecular weight excluding hydrogens is 507 g/mol. The lowest BCUT2D eigenvalue weighted by atomic mass is 10.1. The van der Waals surface area contributed by atoms with Gasteiger partial charge in [-0.3, -0.25) is 4.79 Å². The van der Waals surface area contributed by atoms with Crippen molar-refractivity contribution in [1.82, 2.24) is 16.0 Å². The van der Waals surface area contributed by atoms with Gasteiger partial charge in [0.1, 0.15) is 0 Å². The molecule has 7 nitrogen and oxygen atoms in total. The van der Waals surface area contributed by atoms with Crippen molar-refractivity contribution in [2.24, 2.45) is 4.99 Å². The SMILES string of the molecule is CCNC(=NCc1cccc(OC)c1OC1CCCC1)NCCC(=O)NC(C)CC.I. The lowest BCUT2D eigenvalue weighted by Gasteiger charge is -2.19. The summed E-state index contributed by atoms with van der Waals surface area (Å²) < 4.78 is 11.8. The minimum atomic E-state index is 0. The van der Waals surface area contributed by atoms with E-state index in [1.165, 1.54) is 12.8 Å². The van der Waals surface area contributed by atoms with Crippen molar-refractivity contribution in [3.8, 4) is 11.5 Å². The van der Waals surface area contributed by atoms with Gasteiger partial charge in [-0.15, -0.1) is 24.0 Å². The highest BCUT2D eigenvalue weighted by molar-refractivity contribution is 14.0. The van der Waals surface area contributed by atoms with Crippen LogP contribution in [0.25, 0.3) is 0 Å². The van der Waals surface area contributed by atoms with Crippen molar-refractivity contribution in [1.29, 1.82) is 0 Å². The van der Waals surface area contributed by atoms with Crippen molar-refractivity contribution in [3.05, 3.63) is 23.8 Å². The molecule has 0 aromatic heterocycles. The Kier molecular flexibility index (Phi) is 13.4. The Hall–Kier alpha value is -1.71. The fourth-order valence-corrected chi connectivity index (χ4v) is 3.40. The highest BCUT2D eigenvalue weighted by Gasteiger charge is 2.20. The quantitative estimate of drug-likeness (QED) is 0.222. The van der Waals surface area contributed by atoms with Crippen molar-refractivity contribution in [2.75, 3.05) is 20.2 Å². The molecule has 1 saturated carbocycles. The number of guanidine groups is 1. The minimum absolute atomic E-state index is 0. The first-order chi connectivity index (χ1) is 14.6.